The van der Waals surface area contributed by atoms with Crippen molar-refractivity contribution < 1.29 is 17.9 Å². The molecule has 0 fully saturated rings. The fraction of sp³-hybridized carbons (Fsp3) is 0.200. The third kappa shape index (κ3) is 5.12. The van der Waals surface area contributed by atoms with E-state index in [-0.39, 0.29) is 23.6 Å². The molecule has 2 N–H and O–H groups in total. The Balaban J connectivity index is 1.75. The summed E-state index contributed by atoms with van der Waals surface area (Å²) in [6, 6.07) is 14.0. The molecule has 1 aromatic heterocycles. The van der Waals surface area contributed by atoms with Gasteiger partial charge in [-0.3, -0.25) is 0 Å². The van der Waals surface area contributed by atoms with E-state index in [4.69, 9.17) is 4.74 Å². The Labute approximate surface area is 160 Å². The number of nitrogens with zero attached hydrogens (tertiary/aromatic N) is 2. The van der Waals surface area contributed by atoms with Crippen LogP contribution in [0.5, 0.6) is 5.75 Å². The molecule has 0 unspecified atom stereocenters. The number of nitrogens with one attached hydrogen (secondary N) is 2. The van der Waals surface area contributed by atoms with Crippen molar-refractivity contribution in [1.82, 2.24) is 9.97 Å². The van der Waals surface area contributed by atoms with Crippen molar-refractivity contribution in [2.75, 3.05) is 10.6 Å². The molecule has 0 amide bonds. The number of benzene rings is 2. The second-order valence-corrected chi connectivity index (χ2v) is 6.25. The molecule has 8 heteroatoms. The van der Waals surface area contributed by atoms with Crippen molar-refractivity contribution in [3.8, 4) is 5.75 Å². The Kier molecular flexibility index (Phi) is 5.67. The zero-order valence-corrected chi connectivity index (χ0v) is 15.3. The molecule has 0 aliphatic carbocycles. The maximum Gasteiger partial charge on any atom is 0.418 e. The quantitative estimate of drug-likeness (QED) is 0.561. The summed E-state index contributed by atoms with van der Waals surface area (Å²) >= 11 is 0. The standard InChI is InChI=1S/C20H19F3N4O/c1-13(2)28-15-9-7-14(8-10-15)25-19-24-12-11-18(27-19)26-17-6-4-3-5-16(17)20(21,22)23/h3-13H,1-2H3,(H2,24,25,26,27). The minimum atomic E-state index is -4.46. The van der Waals surface area contributed by atoms with Crippen LogP contribution in [0.4, 0.5) is 36.3 Å². The first kappa shape index (κ1) is 19.5. The number of anilines is 4. The van der Waals surface area contributed by atoms with Gasteiger partial charge in [0.1, 0.15) is 11.6 Å². The van der Waals surface area contributed by atoms with Crippen LogP contribution in [0.1, 0.15) is 19.4 Å². The number of hydrogen-bond donors (Lipinski definition) is 2. The Morgan fingerprint density at radius 2 is 1.64 bits per heavy atom. The van der Waals surface area contributed by atoms with Crippen molar-refractivity contribution in [3.63, 3.8) is 0 Å². The van der Waals surface area contributed by atoms with Gasteiger partial charge in [-0.15, -0.1) is 0 Å². The fourth-order valence-electron chi connectivity index (χ4n) is 2.48. The fourth-order valence-corrected chi connectivity index (χ4v) is 2.48. The average molecular weight is 388 g/mol. The lowest BCUT2D eigenvalue weighted by molar-refractivity contribution is -0.136. The average Bonchev–Trinajstić information content (AvgIpc) is 2.63. The summed E-state index contributed by atoms with van der Waals surface area (Å²) < 4.78 is 45.0. The van der Waals surface area contributed by atoms with Crippen molar-refractivity contribution in [1.29, 1.82) is 0 Å². The number of rotatable bonds is 6. The van der Waals surface area contributed by atoms with Crippen molar-refractivity contribution in [3.05, 3.63) is 66.4 Å². The molecule has 0 aliphatic heterocycles. The van der Waals surface area contributed by atoms with Crippen LogP contribution in [0.25, 0.3) is 0 Å². The van der Waals surface area contributed by atoms with Crippen LogP contribution < -0.4 is 15.4 Å². The van der Waals surface area contributed by atoms with Gasteiger partial charge in [0.05, 0.1) is 17.4 Å². The molecule has 146 valence electrons. The summed E-state index contributed by atoms with van der Waals surface area (Å²) in [4.78, 5) is 8.33. The molecule has 2 aromatic carbocycles. The van der Waals surface area contributed by atoms with Gasteiger partial charge in [0.15, 0.2) is 0 Å². The van der Waals surface area contributed by atoms with Crippen LogP contribution in [0.15, 0.2) is 60.8 Å². The Morgan fingerprint density at radius 1 is 0.929 bits per heavy atom. The van der Waals surface area contributed by atoms with Crippen molar-refractivity contribution in [2.24, 2.45) is 0 Å². The normalized spacial score (nSPS) is 11.4. The summed E-state index contributed by atoms with van der Waals surface area (Å²) in [6.07, 6.45) is -2.92. The lowest BCUT2D eigenvalue weighted by Crippen LogP contribution is -2.09. The first-order valence-electron chi connectivity index (χ1n) is 8.61. The molecular weight excluding hydrogens is 369 g/mol. The smallest absolute Gasteiger partial charge is 0.418 e. The summed E-state index contributed by atoms with van der Waals surface area (Å²) in [7, 11) is 0. The second-order valence-electron chi connectivity index (χ2n) is 6.25. The van der Waals surface area contributed by atoms with E-state index in [1.165, 1.54) is 30.5 Å². The largest absolute Gasteiger partial charge is 0.491 e. The molecule has 0 aliphatic rings. The van der Waals surface area contributed by atoms with Crippen molar-refractivity contribution >= 4 is 23.1 Å². The number of alkyl halides is 3. The molecule has 1 heterocycles. The first-order valence-corrected chi connectivity index (χ1v) is 8.61. The highest BCUT2D eigenvalue weighted by molar-refractivity contribution is 5.63. The molecule has 0 saturated carbocycles. The van der Waals surface area contributed by atoms with E-state index in [1.54, 1.807) is 12.1 Å². The number of hydrogen-bond acceptors (Lipinski definition) is 5. The third-order valence-electron chi connectivity index (χ3n) is 3.63. The second kappa shape index (κ2) is 8.16. The molecule has 0 bridgehead atoms. The molecule has 5 nitrogen and oxygen atoms in total. The Morgan fingerprint density at radius 3 is 2.32 bits per heavy atom. The van der Waals surface area contributed by atoms with Crippen LogP contribution in [0.2, 0.25) is 0 Å². The van der Waals surface area contributed by atoms with E-state index in [9.17, 15) is 13.2 Å². The van der Waals surface area contributed by atoms with Gasteiger partial charge in [-0.05, 0) is 56.3 Å². The number of para-hydroxylation sites is 1. The zero-order chi connectivity index (χ0) is 20.1. The van der Waals surface area contributed by atoms with Crippen LogP contribution in [-0.2, 0) is 6.18 Å². The summed E-state index contributed by atoms with van der Waals surface area (Å²) in [5.41, 5.74) is -0.109. The maximum atomic E-state index is 13.1. The SMILES string of the molecule is CC(C)Oc1ccc(Nc2nccc(Nc3ccccc3C(F)(F)F)n2)cc1. The van der Waals surface area contributed by atoms with E-state index >= 15 is 0 Å². The van der Waals surface area contributed by atoms with Crippen LogP contribution in [-0.4, -0.2) is 16.1 Å². The van der Waals surface area contributed by atoms with E-state index in [0.717, 1.165) is 17.5 Å². The maximum absolute atomic E-state index is 13.1. The highest BCUT2D eigenvalue weighted by Crippen LogP contribution is 2.35. The van der Waals surface area contributed by atoms with Crippen LogP contribution in [0.3, 0.4) is 0 Å². The lowest BCUT2D eigenvalue weighted by atomic mass is 10.1. The van der Waals surface area contributed by atoms with E-state index in [2.05, 4.69) is 20.6 Å². The summed E-state index contributed by atoms with van der Waals surface area (Å²) in [5, 5.41) is 5.72. The summed E-state index contributed by atoms with van der Waals surface area (Å²) in [6.45, 7) is 3.88. The topological polar surface area (TPSA) is 59.1 Å². The monoisotopic (exact) mass is 388 g/mol. The highest BCUT2D eigenvalue weighted by atomic mass is 19.4. The molecule has 3 aromatic rings. The Bertz CT molecular complexity index is 927. The van der Waals surface area contributed by atoms with Gasteiger partial charge >= 0.3 is 6.18 Å². The Hall–Kier alpha value is -3.29. The molecule has 3 rings (SSSR count). The van der Waals surface area contributed by atoms with E-state index < -0.39 is 11.7 Å². The third-order valence-corrected chi connectivity index (χ3v) is 3.63. The van der Waals surface area contributed by atoms with Gasteiger partial charge < -0.3 is 15.4 Å². The minimum Gasteiger partial charge on any atom is -0.491 e. The predicted molar refractivity (Wildman–Crippen MR) is 102 cm³/mol. The van der Waals surface area contributed by atoms with Gasteiger partial charge in [-0.25, -0.2) is 4.98 Å². The first-order chi connectivity index (χ1) is 13.3. The van der Waals surface area contributed by atoms with Gasteiger partial charge in [-0.2, -0.15) is 18.2 Å². The molecule has 0 spiro atoms. The molecule has 0 radical (unpaired) electrons. The lowest BCUT2D eigenvalue weighted by Gasteiger charge is -2.14. The van der Waals surface area contributed by atoms with Gasteiger partial charge in [0.2, 0.25) is 5.95 Å². The number of ether oxygens (including phenoxy) is 1. The van der Waals surface area contributed by atoms with Gasteiger partial charge in [-0.1, -0.05) is 12.1 Å². The van der Waals surface area contributed by atoms with Gasteiger partial charge in [0, 0.05) is 11.9 Å². The van der Waals surface area contributed by atoms with Crippen LogP contribution in [0, 0.1) is 0 Å². The molecular formula is C20H19F3N4O. The van der Waals surface area contributed by atoms with E-state index in [0.29, 0.717) is 0 Å². The number of aromatic nitrogens is 2. The molecule has 0 saturated heterocycles. The number of halogens is 3. The van der Waals surface area contributed by atoms with Crippen molar-refractivity contribution in [2.45, 2.75) is 26.1 Å². The summed E-state index contributed by atoms with van der Waals surface area (Å²) in [5.74, 6) is 1.24. The zero-order valence-electron chi connectivity index (χ0n) is 15.3. The minimum absolute atomic E-state index is 0.0736. The molecule has 28 heavy (non-hydrogen) atoms. The van der Waals surface area contributed by atoms with E-state index in [1.807, 2.05) is 26.0 Å². The van der Waals surface area contributed by atoms with Gasteiger partial charge in [0.25, 0.3) is 0 Å². The predicted octanol–water partition coefficient (Wildman–Crippen LogP) is 5.77. The molecule has 0 atom stereocenters. The highest BCUT2D eigenvalue weighted by Gasteiger charge is 2.33. The van der Waals surface area contributed by atoms with Crippen LogP contribution >= 0.6 is 0 Å².